The highest BCUT2D eigenvalue weighted by atomic mass is 19.1. The molecule has 6 N–H and O–H groups in total. The molecule has 1 aliphatic rings. The van der Waals surface area contributed by atoms with Crippen LogP contribution >= 0.6 is 0 Å². The second-order valence-corrected chi connectivity index (χ2v) is 8.16. The fraction of sp³-hybridized carbons (Fsp3) is 0.435. The van der Waals surface area contributed by atoms with Gasteiger partial charge in [-0.25, -0.2) is 4.39 Å². The molecule has 168 valence electrons. The molecular formula is C23H32BFN2O4. The molecule has 0 bridgehead atoms. The third-order valence-corrected chi connectivity index (χ3v) is 6.06. The van der Waals surface area contributed by atoms with Crippen LogP contribution in [-0.4, -0.2) is 39.8 Å². The van der Waals surface area contributed by atoms with Gasteiger partial charge >= 0.3 is 13.1 Å². The maximum absolute atomic E-state index is 14.9. The van der Waals surface area contributed by atoms with Crippen LogP contribution in [0.4, 0.5) is 4.39 Å². The minimum atomic E-state index is -1.39. The Kier molecular flexibility index (Phi) is 9.19. The molecule has 1 aliphatic carbocycles. The van der Waals surface area contributed by atoms with Crippen LogP contribution in [0.25, 0.3) is 5.57 Å². The molecule has 1 saturated carbocycles. The smallest absolute Gasteiger partial charge is 0.451 e. The van der Waals surface area contributed by atoms with E-state index in [0.29, 0.717) is 48.9 Å². The molecule has 31 heavy (non-hydrogen) atoms. The highest BCUT2D eigenvalue weighted by molar-refractivity contribution is 6.40. The number of aliphatic carboxylic acids is 1. The number of carboxylic acid groups (broad SMARTS) is 1. The molecule has 2 rings (SSSR count). The predicted octanol–water partition coefficient (Wildman–Crippen LogP) is 2.87. The second kappa shape index (κ2) is 11.4. The standard InChI is InChI=1S/C23H32BFN2O4/c1-3-8-16(4-2)20-10-7-9-17(21(20)25)15-27-19-13-18(14-19)23(26,22(28)29)11-5-6-12-24(30)31/h3-4,7-10,18-19,27,30-31H,1-2,5-6,11-15,26H2,(H,28,29)/b16-8+. The van der Waals surface area contributed by atoms with Crippen molar-refractivity contribution in [3.05, 3.63) is 66.5 Å². The van der Waals surface area contributed by atoms with Crippen LogP contribution in [-0.2, 0) is 11.3 Å². The van der Waals surface area contributed by atoms with Crippen LogP contribution in [0.3, 0.4) is 0 Å². The summed E-state index contributed by atoms with van der Waals surface area (Å²) < 4.78 is 14.9. The number of nitrogens with one attached hydrogen (secondary N) is 1. The Labute approximate surface area is 183 Å². The van der Waals surface area contributed by atoms with Crippen molar-refractivity contribution in [2.24, 2.45) is 11.7 Å². The molecule has 0 heterocycles. The summed E-state index contributed by atoms with van der Waals surface area (Å²) in [6, 6.07) is 5.27. The molecule has 1 fully saturated rings. The topological polar surface area (TPSA) is 116 Å². The molecule has 0 saturated heterocycles. The highest BCUT2D eigenvalue weighted by Crippen LogP contribution is 2.38. The minimum absolute atomic E-state index is 0.0668. The van der Waals surface area contributed by atoms with E-state index >= 15 is 0 Å². The van der Waals surface area contributed by atoms with Crippen LogP contribution in [0.1, 0.15) is 43.2 Å². The van der Waals surface area contributed by atoms with Gasteiger partial charge in [-0.05, 0) is 37.1 Å². The summed E-state index contributed by atoms with van der Waals surface area (Å²) in [5, 5.41) is 30.8. The van der Waals surface area contributed by atoms with Gasteiger partial charge in [0.05, 0.1) is 0 Å². The first-order valence-electron chi connectivity index (χ1n) is 10.6. The van der Waals surface area contributed by atoms with Crippen molar-refractivity contribution < 1.29 is 24.3 Å². The third kappa shape index (κ3) is 6.37. The molecule has 1 atom stereocenters. The average molecular weight is 430 g/mol. The summed E-state index contributed by atoms with van der Waals surface area (Å²) in [7, 11) is -1.39. The van der Waals surface area contributed by atoms with Gasteiger partial charge < -0.3 is 26.2 Å². The zero-order chi connectivity index (χ0) is 23.0. The van der Waals surface area contributed by atoms with Gasteiger partial charge in [-0.2, -0.15) is 0 Å². The summed E-state index contributed by atoms with van der Waals surface area (Å²) >= 11 is 0. The molecule has 1 aromatic rings. The van der Waals surface area contributed by atoms with Crippen LogP contribution in [0.2, 0.25) is 6.32 Å². The fourth-order valence-electron chi connectivity index (χ4n) is 4.02. The molecule has 1 unspecified atom stereocenters. The second-order valence-electron chi connectivity index (χ2n) is 8.16. The van der Waals surface area contributed by atoms with Crippen molar-refractivity contribution in [3.8, 4) is 0 Å². The minimum Gasteiger partial charge on any atom is -0.480 e. The Balaban J connectivity index is 1.92. The number of unbranched alkanes of at least 4 members (excludes halogenated alkanes) is 1. The lowest BCUT2D eigenvalue weighted by Crippen LogP contribution is -2.61. The van der Waals surface area contributed by atoms with E-state index in [9.17, 15) is 14.3 Å². The molecule has 8 heteroatoms. The maximum atomic E-state index is 14.9. The molecular weight excluding hydrogens is 398 g/mol. The molecule has 0 radical (unpaired) electrons. The van der Waals surface area contributed by atoms with Crippen molar-refractivity contribution in [3.63, 3.8) is 0 Å². The van der Waals surface area contributed by atoms with Crippen LogP contribution < -0.4 is 11.1 Å². The lowest BCUT2D eigenvalue weighted by Gasteiger charge is -2.45. The van der Waals surface area contributed by atoms with Gasteiger partial charge in [-0.15, -0.1) is 0 Å². The number of hydrogen-bond acceptors (Lipinski definition) is 5. The van der Waals surface area contributed by atoms with E-state index in [1.807, 2.05) is 0 Å². The number of carbonyl (C=O) groups is 1. The van der Waals surface area contributed by atoms with Gasteiger partial charge in [-0.1, -0.05) is 62.4 Å². The van der Waals surface area contributed by atoms with Gasteiger partial charge in [0.25, 0.3) is 0 Å². The average Bonchev–Trinajstić information content (AvgIpc) is 2.69. The molecule has 6 nitrogen and oxygen atoms in total. The van der Waals surface area contributed by atoms with E-state index < -0.39 is 18.6 Å². The Morgan fingerprint density at radius 3 is 2.61 bits per heavy atom. The number of benzene rings is 1. The van der Waals surface area contributed by atoms with Crippen molar-refractivity contribution in [2.75, 3.05) is 0 Å². The molecule has 0 aliphatic heterocycles. The number of rotatable bonds is 13. The number of allylic oxidation sites excluding steroid dienone is 4. The zero-order valence-electron chi connectivity index (χ0n) is 17.8. The van der Waals surface area contributed by atoms with E-state index in [-0.39, 0.29) is 30.5 Å². The Morgan fingerprint density at radius 1 is 1.32 bits per heavy atom. The largest absolute Gasteiger partial charge is 0.480 e. The van der Waals surface area contributed by atoms with Crippen molar-refractivity contribution in [2.45, 2.75) is 56.5 Å². The first-order chi connectivity index (χ1) is 14.7. The number of carboxylic acids is 1. The fourth-order valence-corrected chi connectivity index (χ4v) is 4.02. The van der Waals surface area contributed by atoms with E-state index in [1.165, 1.54) is 0 Å². The maximum Gasteiger partial charge on any atom is 0.451 e. The number of halogens is 1. The van der Waals surface area contributed by atoms with Crippen molar-refractivity contribution in [1.82, 2.24) is 5.32 Å². The zero-order valence-corrected chi connectivity index (χ0v) is 17.8. The summed E-state index contributed by atoms with van der Waals surface area (Å²) in [5.74, 6) is -1.53. The van der Waals surface area contributed by atoms with Crippen LogP contribution in [0.5, 0.6) is 0 Å². The molecule has 0 spiro atoms. The molecule has 1 aromatic carbocycles. The van der Waals surface area contributed by atoms with Crippen LogP contribution in [0, 0.1) is 11.7 Å². The third-order valence-electron chi connectivity index (χ3n) is 6.06. The lowest BCUT2D eigenvalue weighted by molar-refractivity contribution is -0.148. The first-order valence-corrected chi connectivity index (χ1v) is 10.6. The summed E-state index contributed by atoms with van der Waals surface area (Å²) in [4.78, 5) is 11.8. The van der Waals surface area contributed by atoms with E-state index in [1.54, 1.807) is 36.4 Å². The SMILES string of the molecule is C=C/C=C(\C=C)c1cccc(CNC2CC(C(N)(CCCCB(O)O)C(=O)O)C2)c1F. The number of nitrogens with two attached hydrogens (primary N) is 1. The van der Waals surface area contributed by atoms with E-state index in [2.05, 4.69) is 18.5 Å². The monoisotopic (exact) mass is 430 g/mol. The highest BCUT2D eigenvalue weighted by Gasteiger charge is 2.48. The lowest BCUT2D eigenvalue weighted by atomic mass is 9.66. The van der Waals surface area contributed by atoms with Gasteiger partial charge in [0.2, 0.25) is 0 Å². The Morgan fingerprint density at radius 2 is 2.03 bits per heavy atom. The van der Waals surface area contributed by atoms with Crippen molar-refractivity contribution >= 4 is 18.7 Å². The summed E-state index contributed by atoms with van der Waals surface area (Å²) in [5.41, 5.74) is 6.52. The first kappa shape index (κ1) is 25.0. The van der Waals surface area contributed by atoms with Gasteiger partial charge in [0.15, 0.2) is 0 Å². The molecule has 0 amide bonds. The summed E-state index contributed by atoms with van der Waals surface area (Å²) in [6.07, 6.45) is 7.56. The van der Waals surface area contributed by atoms with Crippen LogP contribution in [0.15, 0.2) is 49.6 Å². The van der Waals surface area contributed by atoms with Gasteiger partial charge in [-0.3, -0.25) is 4.79 Å². The quantitative estimate of drug-likeness (QED) is 0.187. The predicted molar refractivity (Wildman–Crippen MR) is 122 cm³/mol. The van der Waals surface area contributed by atoms with Gasteiger partial charge in [0.1, 0.15) is 11.4 Å². The van der Waals surface area contributed by atoms with E-state index in [0.717, 1.165) is 0 Å². The Hall–Kier alpha value is -2.26. The molecule has 0 aromatic heterocycles. The van der Waals surface area contributed by atoms with Gasteiger partial charge in [0, 0.05) is 23.7 Å². The van der Waals surface area contributed by atoms with Crippen molar-refractivity contribution in [1.29, 1.82) is 0 Å². The number of hydrogen-bond donors (Lipinski definition) is 5. The van der Waals surface area contributed by atoms with E-state index in [4.69, 9.17) is 15.8 Å². The Bertz CT molecular complexity index is 824. The summed E-state index contributed by atoms with van der Waals surface area (Å²) in [6.45, 7) is 7.69. The normalized spacial score (nSPS) is 20.5.